The smallest absolute Gasteiger partial charge is 0.126 e. The van der Waals surface area contributed by atoms with Gasteiger partial charge in [-0.3, -0.25) is 0 Å². The van der Waals surface area contributed by atoms with E-state index in [9.17, 15) is 4.39 Å². The minimum atomic E-state index is -0.171. The van der Waals surface area contributed by atoms with Gasteiger partial charge in [-0.15, -0.1) is 0 Å². The second kappa shape index (κ2) is 6.91. The van der Waals surface area contributed by atoms with Gasteiger partial charge in [-0.25, -0.2) is 4.39 Å². The van der Waals surface area contributed by atoms with E-state index in [1.165, 1.54) is 0 Å². The molecule has 21 heavy (non-hydrogen) atoms. The van der Waals surface area contributed by atoms with Crippen molar-refractivity contribution in [3.63, 3.8) is 0 Å². The number of benzene rings is 2. The Morgan fingerprint density at radius 3 is 2.43 bits per heavy atom. The normalized spacial score (nSPS) is 14.0. The molecule has 0 radical (unpaired) electrons. The molecule has 0 aliphatic carbocycles. The number of halogens is 3. The van der Waals surface area contributed by atoms with Crippen molar-refractivity contribution in [1.29, 1.82) is 0 Å². The van der Waals surface area contributed by atoms with Crippen molar-refractivity contribution in [1.82, 2.24) is 5.32 Å². The third-order valence-electron chi connectivity index (χ3n) is 3.62. The molecule has 0 heterocycles. The van der Waals surface area contributed by atoms with Crippen LogP contribution in [0.4, 0.5) is 4.39 Å². The molecule has 2 aromatic carbocycles. The Bertz CT molecular complexity index is 645. The molecule has 0 amide bonds. The van der Waals surface area contributed by atoms with Crippen LogP contribution in [0.2, 0.25) is 5.02 Å². The number of rotatable bonds is 4. The summed E-state index contributed by atoms with van der Waals surface area (Å²) in [5.74, 6) is -0.171. The first-order valence-corrected chi connectivity index (χ1v) is 8.02. The molecule has 0 saturated carbocycles. The summed E-state index contributed by atoms with van der Waals surface area (Å²) in [6.07, 6.45) is 0. The molecule has 2 unspecified atom stereocenters. The molecule has 0 spiro atoms. The molecule has 0 aromatic heterocycles. The lowest BCUT2D eigenvalue weighted by atomic mass is 10.0. The summed E-state index contributed by atoms with van der Waals surface area (Å²) in [4.78, 5) is 0. The summed E-state index contributed by atoms with van der Waals surface area (Å²) >= 11 is 9.67. The molecule has 0 bridgehead atoms. The van der Waals surface area contributed by atoms with Crippen molar-refractivity contribution in [2.75, 3.05) is 0 Å². The Hall–Kier alpha value is -0.900. The van der Waals surface area contributed by atoms with Gasteiger partial charge in [0.2, 0.25) is 0 Å². The molecular formula is C17H18BrClFN. The maximum Gasteiger partial charge on any atom is 0.126 e. The molecule has 1 nitrogen and oxygen atoms in total. The molecular weight excluding hydrogens is 353 g/mol. The van der Waals surface area contributed by atoms with Crippen molar-refractivity contribution < 1.29 is 4.39 Å². The van der Waals surface area contributed by atoms with Gasteiger partial charge in [0.1, 0.15) is 5.82 Å². The molecule has 1 N–H and O–H groups in total. The zero-order chi connectivity index (χ0) is 15.6. The highest BCUT2D eigenvalue weighted by molar-refractivity contribution is 9.10. The monoisotopic (exact) mass is 369 g/mol. The Balaban J connectivity index is 2.14. The van der Waals surface area contributed by atoms with E-state index in [0.717, 1.165) is 15.6 Å². The molecule has 0 fully saturated rings. The average molecular weight is 371 g/mol. The SMILES string of the molecule is Cc1ccc(C(C)NC(C)c2ccc(Br)cc2Cl)cc1F. The van der Waals surface area contributed by atoms with Crippen LogP contribution in [-0.2, 0) is 0 Å². The third kappa shape index (κ3) is 4.06. The predicted octanol–water partition coefficient (Wildman–Crippen LogP) is 5.96. The fraction of sp³-hybridized carbons (Fsp3) is 0.294. The van der Waals surface area contributed by atoms with Crippen LogP contribution < -0.4 is 5.32 Å². The summed E-state index contributed by atoms with van der Waals surface area (Å²) in [7, 11) is 0. The van der Waals surface area contributed by atoms with Crippen LogP contribution in [0.25, 0.3) is 0 Å². The van der Waals surface area contributed by atoms with Crippen LogP contribution in [-0.4, -0.2) is 0 Å². The maximum atomic E-state index is 13.7. The molecule has 0 aliphatic rings. The predicted molar refractivity (Wildman–Crippen MR) is 90.3 cm³/mol. The fourth-order valence-electron chi connectivity index (χ4n) is 2.29. The molecule has 2 aromatic rings. The van der Waals surface area contributed by atoms with Gasteiger partial charge in [0.25, 0.3) is 0 Å². The average Bonchev–Trinajstić information content (AvgIpc) is 2.41. The summed E-state index contributed by atoms with van der Waals surface area (Å²) in [6, 6.07) is 11.3. The topological polar surface area (TPSA) is 12.0 Å². The minimum Gasteiger partial charge on any atom is -0.304 e. The number of hydrogen-bond acceptors (Lipinski definition) is 1. The summed E-state index contributed by atoms with van der Waals surface area (Å²) in [5, 5.41) is 4.17. The van der Waals surface area contributed by atoms with Crippen molar-refractivity contribution >= 4 is 27.5 Å². The maximum absolute atomic E-state index is 13.7. The van der Waals surface area contributed by atoms with E-state index in [0.29, 0.717) is 10.6 Å². The molecule has 0 aliphatic heterocycles. The Morgan fingerprint density at radius 1 is 1.10 bits per heavy atom. The van der Waals surface area contributed by atoms with Crippen LogP contribution in [0, 0.1) is 12.7 Å². The van der Waals surface area contributed by atoms with Crippen LogP contribution in [0.5, 0.6) is 0 Å². The van der Waals surface area contributed by atoms with E-state index in [-0.39, 0.29) is 17.9 Å². The van der Waals surface area contributed by atoms with Gasteiger partial charge in [0.05, 0.1) is 0 Å². The van der Waals surface area contributed by atoms with Crippen molar-refractivity contribution in [2.45, 2.75) is 32.9 Å². The molecule has 4 heteroatoms. The van der Waals surface area contributed by atoms with Crippen LogP contribution in [0.15, 0.2) is 40.9 Å². The van der Waals surface area contributed by atoms with Crippen molar-refractivity contribution in [3.8, 4) is 0 Å². The highest BCUT2D eigenvalue weighted by atomic mass is 79.9. The Morgan fingerprint density at radius 2 is 1.81 bits per heavy atom. The van der Waals surface area contributed by atoms with Gasteiger partial charge in [-0.2, -0.15) is 0 Å². The lowest BCUT2D eigenvalue weighted by Gasteiger charge is -2.22. The first-order chi connectivity index (χ1) is 9.88. The summed E-state index contributed by atoms with van der Waals surface area (Å²) < 4.78 is 14.6. The minimum absolute atomic E-state index is 0.0369. The van der Waals surface area contributed by atoms with E-state index in [1.54, 1.807) is 19.1 Å². The Labute approximate surface area is 138 Å². The highest BCUT2D eigenvalue weighted by Gasteiger charge is 2.14. The van der Waals surface area contributed by atoms with Crippen LogP contribution in [0.1, 0.15) is 42.6 Å². The lowest BCUT2D eigenvalue weighted by Crippen LogP contribution is -2.22. The number of aryl methyl sites for hydroxylation is 1. The third-order valence-corrected chi connectivity index (χ3v) is 4.45. The zero-order valence-corrected chi connectivity index (χ0v) is 14.6. The quantitative estimate of drug-likeness (QED) is 0.700. The lowest BCUT2D eigenvalue weighted by molar-refractivity contribution is 0.491. The van der Waals surface area contributed by atoms with E-state index in [1.807, 2.05) is 31.2 Å². The van der Waals surface area contributed by atoms with E-state index in [4.69, 9.17) is 11.6 Å². The van der Waals surface area contributed by atoms with E-state index in [2.05, 4.69) is 28.2 Å². The second-order valence-electron chi connectivity index (χ2n) is 5.28. The van der Waals surface area contributed by atoms with Gasteiger partial charge in [0.15, 0.2) is 0 Å². The number of nitrogens with one attached hydrogen (secondary N) is 1. The molecule has 0 saturated heterocycles. The van der Waals surface area contributed by atoms with Gasteiger partial charge < -0.3 is 5.32 Å². The van der Waals surface area contributed by atoms with Crippen molar-refractivity contribution in [3.05, 3.63) is 68.4 Å². The first kappa shape index (κ1) is 16.5. The van der Waals surface area contributed by atoms with Gasteiger partial charge in [0, 0.05) is 21.6 Å². The summed E-state index contributed by atoms with van der Waals surface area (Å²) in [5.41, 5.74) is 2.62. The first-order valence-electron chi connectivity index (χ1n) is 6.85. The largest absolute Gasteiger partial charge is 0.304 e. The molecule has 2 atom stereocenters. The molecule has 112 valence electrons. The van der Waals surface area contributed by atoms with Crippen LogP contribution >= 0.6 is 27.5 Å². The van der Waals surface area contributed by atoms with Gasteiger partial charge >= 0.3 is 0 Å². The van der Waals surface area contributed by atoms with Crippen molar-refractivity contribution in [2.24, 2.45) is 0 Å². The standard InChI is InChI=1S/C17H18BrClFN/c1-10-4-5-13(8-17(10)20)11(2)21-12(3)15-7-6-14(18)9-16(15)19/h4-9,11-12,21H,1-3H3. The highest BCUT2D eigenvalue weighted by Crippen LogP contribution is 2.28. The fourth-order valence-corrected chi connectivity index (χ4v) is 3.13. The summed E-state index contributed by atoms with van der Waals surface area (Å²) in [6.45, 7) is 5.84. The Kier molecular flexibility index (Phi) is 5.42. The molecule has 2 rings (SSSR count). The van der Waals surface area contributed by atoms with Gasteiger partial charge in [-0.1, -0.05) is 45.7 Å². The van der Waals surface area contributed by atoms with Gasteiger partial charge in [-0.05, 0) is 55.7 Å². The van der Waals surface area contributed by atoms with Crippen LogP contribution in [0.3, 0.4) is 0 Å². The zero-order valence-electron chi connectivity index (χ0n) is 12.3. The van der Waals surface area contributed by atoms with E-state index >= 15 is 0 Å². The second-order valence-corrected chi connectivity index (χ2v) is 6.61. The van der Waals surface area contributed by atoms with E-state index < -0.39 is 0 Å². The number of hydrogen-bond donors (Lipinski definition) is 1.